The van der Waals surface area contributed by atoms with Crippen LogP contribution in [-0.2, 0) is 4.79 Å². The molecule has 3 rings (SSSR count). The van der Waals surface area contributed by atoms with Gasteiger partial charge in [0.05, 0.1) is 6.26 Å². The molecule has 0 bridgehead atoms. The van der Waals surface area contributed by atoms with Crippen molar-refractivity contribution in [2.24, 2.45) is 0 Å². The van der Waals surface area contributed by atoms with Gasteiger partial charge in [0.1, 0.15) is 11.5 Å². The molecule has 0 fully saturated rings. The number of amides is 1. The molecule has 0 aliphatic rings. The molecule has 0 saturated heterocycles. The van der Waals surface area contributed by atoms with Gasteiger partial charge in [0.2, 0.25) is 0 Å². The lowest BCUT2D eigenvalue weighted by Crippen LogP contribution is -2.34. The Morgan fingerprint density at radius 3 is 2.48 bits per heavy atom. The molecule has 1 aromatic carbocycles. The Morgan fingerprint density at radius 2 is 1.85 bits per heavy atom. The van der Waals surface area contributed by atoms with E-state index in [0.717, 1.165) is 18.4 Å². The van der Waals surface area contributed by atoms with Gasteiger partial charge in [0.15, 0.2) is 5.82 Å². The molecule has 0 radical (unpaired) electrons. The van der Waals surface area contributed by atoms with Crippen molar-refractivity contribution in [3.63, 3.8) is 0 Å². The van der Waals surface area contributed by atoms with Crippen molar-refractivity contribution in [1.82, 2.24) is 25.1 Å². The number of hydrogen-bond donors (Lipinski definition) is 0. The van der Waals surface area contributed by atoms with Crippen LogP contribution in [0.3, 0.4) is 0 Å². The third kappa shape index (κ3) is 4.31. The minimum absolute atomic E-state index is 0.125. The number of aromatic nitrogens is 4. The lowest BCUT2D eigenvalue weighted by atomic mass is 10.2. The Hall–Kier alpha value is -3.22. The minimum Gasteiger partial charge on any atom is -0.465 e. The highest BCUT2D eigenvalue weighted by molar-refractivity contribution is 6.18. The van der Waals surface area contributed by atoms with Crippen LogP contribution in [0.25, 0.3) is 23.2 Å². The molecule has 2 aromatic heterocycles. The zero-order valence-electron chi connectivity index (χ0n) is 15.6. The van der Waals surface area contributed by atoms with Crippen molar-refractivity contribution in [3.8, 4) is 11.4 Å². The van der Waals surface area contributed by atoms with E-state index in [4.69, 9.17) is 4.42 Å². The van der Waals surface area contributed by atoms with Crippen molar-refractivity contribution < 1.29 is 9.21 Å². The van der Waals surface area contributed by atoms with Gasteiger partial charge in [0, 0.05) is 24.7 Å². The van der Waals surface area contributed by atoms with E-state index in [1.165, 1.54) is 4.68 Å². The molecule has 0 saturated carbocycles. The van der Waals surface area contributed by atoms with Gasteiger partial charge in [-0.3, -0.25) is 4.79 Å². The summed E-state index contributed by atoms with van der Waals surface area (Å²) in [6, 6.07) is 13.1. The molecule has 27 heavy (non-hydrogen) atoms. The summed E-state index contributed by atoms with van der Waals surface area (Å²) in [6.45, 7) is 5.45. The normalized spacial score (nSPS) is 11.6. The Balaban J connectivity index is 2.07. The molecule has 0 atom stereocenters. The van der Waals surface area contributed by atoms with Crippen LogP contribution in [0.4, 0.5) is 0 Å². The number of carbonyl (C=O) groups excluding carboxylic acids is 1. The second-order valence-electron chi connectivity index (χ2n) is 6.12. The van der Waals surface area contributed by atoms with E-state index in [0.29, 0.717) is 30.4 Å². The first kappa shape index (κ1) is 18.6. The Kier molecular flexibility index (Phi) is 6.14. The van der Waals surface area contributed by atoms with Crippen LogP contribution in [0, 0.1) is 0 Å². The standard InChI is InChI=1S/C20H23N5O2/c1-3-12-24(13-4-2)20(26)18(15-17-11-8-14-27-17)25-19(21-22-23-25)16-9-6-5-7-10-16/h5-11,14-15H,3-4,12-13H2,1-2H3/b18-15-. The van der Waals surface area contributed by atoms with Crippen LogP contribution in [0.1, 0.15) is 32.4 Å². The molecule has 7 nitrogen and oxygen atoms in total. The first-order valence-corrected chi connectivity index (χ1v) is 9.13. The summed E-state index contributed by atoms with van der Waals surface area (Å²) in [4.78, 5) is 15.2. The number of benzene rings is 1. The van der Waals surface area contributed by atoms with Gasteiger partial charge in [-0.05, 0) is 35.4 Å². The molecule has 0 spiro atoms. The lowest BCUT2D eigenvalue weighted by Gasteiger charge is -2.23. The summed E-state index contributed by atoms with van der Waals surface area (Å²) in [5, 5.41) is 12.0. The largest absolute Gasteiger partial charge is 0.465 e. The van der Waals surface area contributed by atoms with Crippen LogP contribution in [0.5, 0.6) is 0 Å². The highest BCUT2D eigenvalue weighted by atomic mass is 16.3. The molecule has 7 heteroatoms. The Bertz CT molecular complexity index is 878. The van der Waals surface area contributed by atoms with Crippen molar-refractivity contribution in [2.75, 3.05) is 13.1 Å². The molecule has 2 heterocycles. The van der Waals surface area contributed by atoms with Gasteiger partial charge >= 0.3 is 0 Å². The Labute approximate surface area is 158 Å². The average molecular weight is 365 g/mol. The van der Waals surface area contributed by atoms with Crippen molar-refractivity contribution in [1.29, 1.82) is 0 Å². The summed E-state index contributed by atoms with van der Waals surface area (Å²) < 4.78 is 6.91. The number of nitrogens with zero attached hydrogens (tertiary/aromatic N) is 5. The fourth-order valence-electron chi connectivity index (χ4n) is 2.85. The number of rotatable bonds is 8. The molecule has 1 amide bonds. The third-order valence-corrected chi connectivity index (χ3v) is 4.05. The van der Waals surface area contributed by atoms with E-state index in [-0.39, 0.29) is 5.91 Å². The SMILES string of the molecule is CCCN(CCC)C(=O)/C(=C/c1ccco1)n1nnnc1-c1ccccc1. The summed E-state index contributed by atoms with van der Waals surface area (Å²) in [5.41, 5.74) is 1.19. The van der Waals surface area contributed by atoms with Crippen LogP contribution in [-0.4, -0.2) is 44.1 Å². The van der Waals surface area contributed by atoms with E-state index in [1.54, 1.807) is 24.5 Å². The molecule has 140 valence electrons. The predicted octanol–water partition coefficient (Wildman–Crippen LogP) is 3.58. The van der Waals surface area contributed by atoms with Crippen LogP contribution >= 0.6 is 0 Å². The summed E-state index contributed by atoms with van der Waals surface area (Å²) in [7, 11) is 0. The number of furan rings is 1. The number of carbonyl (C=O) groups is 1. The fraction of sp³-hybridized carbons (Fsp3) is 0.300. The molecule has 3 aromatic rings. The van der Waals surface area contributed by atoms with Gasteiger partial charge in [0.25, 0.3) is 5.91 Å². The van der Waals surface area contributed by atoms with E-state index >= 15 is 0 Å². The summed E-state index contributed by atoms with van der Waals surface area (Å²) >= 11 is 0. The first-order chi connectivity index (χ1) is 13.2. The second kappa shape index (κ2) is 8.93. The van der Waals surface area contributed by atoms with Gasteiger partial charge in [-0.15, -0.1) is 5.10 Å². The van der Waals surface area contributed by atoms with Crippen molar-refractivity contribution in [3.05, 3.63) is 54.5 Å². The van der Waals surface area contributed by atoms with E-state index < -0.39 is 0 Å². The smallest absolute Gasteiger partial charge is 0.272 e. The Morgan fingerprint density at radius 1 is 1.11 bits per heavy atom. The van der Waals surface area contributed by atoms with Gasteiger partial charge < -0.3 is 9.32 Å². The first-order valence-electron chi connectivity index (χ1n) is 9.13. The van der Waals surface area contributed by atoms with Crippen LogP contribution in [0.2, 0.25) is 0 Å². The molecule has 0 unspecified atom stereocenters. The maximum Gasteiger partial charge on any atom is 0.272 e. The molecular weight excluding hydrogens is 342 g/mol. The quantitative estimate of drug-likeness (QED) is 0.570. The van der Waals surface area contributed by atoms with Gasteiger partial charge in [-0.1, -0.05) is 44.2 Å². The monoisotopic (exact) mass is 365 g/mol. The van der Waals surface area contributed by atoms with Crippen LogP contribution < -0.4 is 0 Å². The highest BCUT2D eigenvalue weighted by Crippen LogP contribution is 2.22. The second-order valence-corrected chi connectivity index (χ2v) is 6.12. The van der Waals surface area contributed by atoms with Gasteiger partial charge in [-0.25, -0.2) is 0 Å². The molecular formula is C20H23N5O2. The zero-order valence-corrected chi connectivity index (χ0v) is 15.6. The van der Waals surface area contributed by atoms with Gasteiger partial charge in [-0.2, -0.15) is 4.68 Å². The predicted molar refractivity (Wildman–Crippen MR) is 103 cm³/mol. The molecule has 0 N–H and O–H groups in total. The number of tetrazole rings is 1. The summed E-state index contributed by atoms with van der Waals surface area (Å²) in [5.74, 6) is 0.954. The zero-order chi connectivity index (χ0) is 19.1. The molecule has 0 aliphatic carbocycles. The van der Waals surface area contributed by atoms with E-state index in [9.17, 15) is 4.79 Å². The van der Waals surface area contributed by atoms with E-state index in [1.807, 2.05) is 35.2 Å². The van der Waals surface area contributed by atoms with Crippen molar-refractivity contribution in [2.45, 2.75) is 26.7 Å². The fourth-order valence-corrected chi connectivity index (χ4v) is 2.85. The maximum atomic E-state index is 13.3. The minimum atomic E-state index is -0.125. The number of hydrogen-bond acceptors (Lipinski definition) is 5. The van der Waals surface area contributed by atoms with E-state index in [2.05, 4.69) is 29.4 Å². The highest BCUT2D eigenvalue weighted by Gasteiger charge is 2.23. The topological polar surface area (TPSA) is 77.0 Å². The third-order valence-electron chi connectivity index (χ3n) is 4.05. The van der Waals surface area contributed by atoms with Crippen molar-refractivity contribution >= 4 is 17.7 Å². The molecule has 0 aliphatic heterocycles. The summed E-state index contributed by atoms with van der Waals surface area (Å²) in [6.07, 6.45) is 5.01. The lowest BCUT2D eigenvalue weighted by molar-refractivity contribution is -0.125. The maximum absolute atomic E-state index is 13.3. The van der Waals surface area contributed by atoms with Crippen LogP contribution in [0.15, 0.2) is 53.1 Å². The average Bonchev–Trinajstić information content (AvgIpc) is 3.38.